The second-order valence-electron chi connectivity index (χ2n) is 18.5. The van der Waals surface area contributed by atoms with Gasteiger partial charge in [0.25, 0.3) is 5.91 Å². The molecule has 5 N–H and O–H groups in total. The van der Waals surface area contributed by atoms with Crippen molar-refractivity contribution in [3.05, 3.63) is 111 Å². The minimum absolute atomic E-state index is 0.0375. The number of allylic oxidation sites excluding steroid dienone is 1. The molecule has 20 heteroatoms. The zero-order chi connectivity index (χ0) is 48.9. The third-order valence-corrected chi connectivity index (χ3v) is 18.1. The minimum Gasteiger partial charge on any atom is -0.479 e. The van der Waals surface area contributed by atoms with Crippen LogP contribution in [-0.4, -0.2) is 102 Å². The number of rotatable bonds is 14. The minimum atomic E-state index is -3.81. The van der Waals surface area contributed by atoms with E-state index in [1.807, 2.05) is 50.2 Å². The number of benzene rings is 4. The van der Waals surface area contributed by atoms with E-state index in [1.54, 1.807) is 52.2 Å². The van der Waals surface area contributed by atoms with Crippen molar-refractivity contribution >= 4 is 102 Å². The van der Waals surface area contributed by atoms with Gasteiger partial charge < -0.3 is 30.5 Å². The number of imide groups is 1. The molecule has 69 heavy (non-hydrogen) atoms. The Morgan fingerprint density at radius 2 is 1.64 bits per heavy atom. The summed E-state index contributed by atoms with van der Waals surface area (Å²) >= 11 is 6.33. The zero-order valence-electron chi connectivity index (χ0n) is 37.7. The predicted molar refractivity (Wildman–Crippen MR) is 263 cm³/mol. The molecule has 5 aliphatic rings. The number of nitrogens with one attached hydrogen (secondary N) is 3. The molecular formula is C49H51ClN6O11S2. The van der Waals surface area contributed by atoms with Gasteiger partial charge in [0.1, 0.15) is 10.9 Å². The summed E-state index contributed by atoms with van der Waals surface area (Å²) in [7, 11) is -5.41. The van der Waals surface area contributed by atoms with Gasteiger partial charge in [0, 0.05) is 71.4 Å². The van der Waals surface area contributed by atoms with Gasteiger partial charge >= 0.3 is 11.9 Å². The van der Waals surface area contributed by atoms with Gasteiger partial charge in [-0.05, 0) is 110 Å². The molecule has 2 unspecified atom stereocenters. The monoisotopic (exact) mass is 998 g/mol. The summed E-state index contributed by atoms with van der Waals surface area (Å²) in [5.74, 6) is -4.49. The topological polar surface area (TPSA) is 232 Å². The highest BCUT2D eigenvalue weighted by Crippen LogP contribution is 2.55. The van der Waals surface area contributed by atoms with Crippen LogP contribution in [0.1, 0.15) is 68.3 Å². The summed E-state index contributed by atoms with van der Waals surface area (Å²) in [4.78, 5) is 79.6. The molecule has 0 aromatic heterocycles. The molecule has 0 bridgehead atoms. The van der Waals surface area contributed by atoms with Crippen LogP contribution >= 0.6 is 22.5 Å². The quantitative estimate of drug-likeness (QED) is 0.0586. The number of thiol groups is 1. The number of aliphatic carboxylic acids is 2. The number of hydrogen-bond donors (Lipinski definition) is 6. The maximum Gasteiger partial charge on any atom is 0.344 e. The molecule has 5 aliphatic heterocycles. The first-order valence-corrected chi connectivity index (χ1v) is 26.0. The molecule has 3 saturated heterocycles. The molecule has 0 spiro atoms. The van der Waals surface area contributed by atoms with Crippen molar-refractivity contribution in [2.75, 3.05) is 46.7 Å². The van der Waals surface area contributed by atoms with Crippen LogP contribution < -0.4 is 25.8 Å². The van der Waals surface area contributed by atoms with Crippen LogP contribution in [0.5, 0.6) is 0 Å². The number of anilines is 4. The molecule has 17 nitrogen and oxygen atoms in total. The zero-order valence-corrected chi connectivity index (χ0v) is 40.2. The first kappa shape index (κ1) is 47.6. The van der Waals surface area contributed by atoms with Crippen LogP contribution in [0.4, 0.5) is 22.7 Å². The van der Waals surface area contributed by atoms with E-state index in [4.69, 9.17) is 21.4 Å². The van der Waals surface area contributed by atoms with Gasteiger partial charge in [-0.3, -0.25) is 29.4 Å². The summed E-state index contributed by atoms with van der Waals surface area (Å²) in [6.07, 6.45) is 2.52. The molecule has 4 aromatic rings. The number of nitrogens with zero attached hydrogens (tertiary/aromatic N) is 3. The van der Waals surface area contributed by atoms with Crippen molar-refractivity contribution in [1.29, 1.82) is 0 Å². The Labute approximate surface area is 405 Å². The summed E-state index contributed by atoms with van der Waals surface area (Å²) in [5.41, 5.74) is 3.06. The number of carbonyl (C=O) groups is 6. The molecule has 3 fully saturated rings. The van der Waals surface area contributed by atoms with Crippen molar-refractivity contribution in [2.24, 2.45) is 5.92 Å². The van der Waals surface area contributed by atoms with E-state index in [9.17, 15) is 42.3 Å². The number of carboxylic acid groups (broad SMARTS) is 2. The van der Waals surface area contributed by atoms with Crippen LogP contribution in [0.3, 0.4) is 0 Å². The van der Waals surface area contributed by atoms with Gasteiger partial charge in [-0.15, -0.1) is 0 Å². The third kappa shape index (κ3) is 9.52. The predicted octanol–water partition coefficient (Wildman–Crippen LogP) is 6.50. The highest BCUT2D eigenvalue weighted by Gasteiger charge is 2.43. The molecule has 4 amide bonds. The van der Waals surface area contributed by atoms with Gasteiger partial charge in [0.15, 0.2) is 12.4 Å². The standard InChI is InChI=1S/C49H51ClN6O11S2/c1-49(2)24-32(51-31-8-4-9-33(23-31)68-26-36(50)43(44(68)48(63)64)67-25-41(58)59)18-21-55(49)69(65,66)27-28-6-3-7-30(22-28)52-45(60)29-16-19-54(20-17-29)37-13-12-35-42-34(37)10-5-11-38(42)56(47(35)62)39-14-15-40(57)53-46(39)61/h3-13,22-23,26,29,32,39,51,68H,14-21,24-25,27H2,1-2H3,(H,52,60)(H,58,59)(H,63,64)(H,53,57,61)/t32-,39?/m0/s1. The molecule has 9 rings (SSSR count). The Bertz CT molecular complexity index is 3010. The van der Waals surface area contributed by atoms with Crippen molar-refractivity contribution in [3.8, 4) is 0 Å². The maximum absolute atomic E-state index is 14.1. The van der Waals surface area contributed by atoms with Gasteiger partial charge in [-0.2, -0.15) is 15.2 Å². The number of ether oxygens (including phenoxy) is 1. The Kier molecular flexibility index (Phi) is 13.0. The molecule has 362 valence electrons. The molecule has 0 saturated carbocycles. The fourth-order valence-electron chi connectivity index (χ4n) is 10.3. The first-order valence-electron chi connectivity index (χ1n) is 22.6. The SMILES string of the molecule is CC1(C)C[C@@H](Nc2cccc([SH]3C=C(Cl)C(OCC(=O)O)=C3C(=O)O)c2)CCN1S(=O)(=O)Cc1cccc(NC(=O)C2CCN(c3ccc4c5c(cccc35)N(C3CCC(=O)NC3=O)C4=O)CC2)c1. The number of halogens is 1. The van der Waals surface area contributed by atoms with Crippen molar-refractivity contribution in [1.82, 2.24) is 9.62 Å². The smallest absolute Gasteiger partial charge is 0.344 e. The average Bonchev–Trinajstić information content (AvgIpc) is 3.78. The van der Waals surface area contributed by atoms with Crippen LogP contribution in [0, 0.1) is 5.92 Å². The maximum atomic E-state index is 14.1. The van der Waals surface area contributed by atoms with Crippen molar-refractivity contribution in [2.45, 2.75) is 80.6 Å². The molecule has 0 radical (unpaired) electrons. The van der Waals surface area contributed by atoms with Gasteiger partial charge in [0.2, 0.25) is 27.7 Å². The van der Waals surface area contributed by atoms with Crippen molar-refractivity contribution < 1.29 is 52.1 Å². The first-order chi connectivity index (χ1) is 32.9. The van der Waals surface area contributed by atoms with Gasteiger partial charge in [0.05, 0.1) is 22.0 Å². The van der Waals surface area contributed by atoms with Gasteiger partial charge in [-0.25, -0.2) is 18.0 Å². The molecule has 0 aliphatic carbocycles. The molecular weight excluding hydrogens is 948 g/mol. The Morgan fingerprint density at radius 1 is 0.899 bits per heavy atom. The van der Waals surface area contributed by atoms with E-state index in [2.05, 4.69) is 20.9 Å². The van der Waals surface area contributed by atoms with E-state index < -0.39 is 57.0 Å². The fourth-order valence-corrected chi connectivity index (χ4v) is 14.8. The lowest BCUT2D eigenvalue weighted by Gasteiger charge is -2.45. The van der Waals surface area contributed by atoms with Crippen LogP contribution in [0.15, 0.2) is 105 Å². The second kappa shape index (κ2) is 18.8. The lowest BCUT2D eigenvalue weighted by molar-refractivity contribution is -0.141. The van der Waals surface area contributed by atoms with Crippen LogP contribution in [0.2, 0.25) is 0 Å². The number of hydrogen-bond acceptors (Lipinski definition) is 11. The van der Waals surface area contributed by atoms with Crippen LogP contribution in [0.25, 0.3) is 10.8 Å². The number of amides is 4. The Balaban J connectivity index is 0.800. The fraction of sp³-hybridized carbons (Fsp3) is 0.347. The number of carbonyl (C=O) groups excluding carboxylic acids is 4. The van der Waals surface area contributed by atoms with Crippen LogP contribution in [-0.2, 0) is 44.5 Å². The largest absolute Gasteiger partial charge is 0.479 e. The highest BCUT2D eigenvalue weighted by atomic mass is 35.5. The summed E-state index contributed by atoms with van der Waals surface area (Å²) in [6, 6.07) is 22.6. The normalized spacial score (nSPS) is 22.4. The number of sulfonamides is 1. The Morgan fingerprint density at radius 3 is 2.36 bits per heavy atom. The van der Waals surface area contributed by atoms with E-state index in [0.29, 0.717) is 71.9 Å². The number of carboxylic acids is 2. The lowest BCUT2D eigenvalue weighted by atomic mass is 9.89. The average molecular weight is 1000 g/mol. The molecule has 5 heterocycles. The van der Waals surface area contributed by atoms with E-state index in [0.717, 1.165) is 16.5 Å². The van der Waals surface area contributed by atoms with Gasteiger partial charge in [-0.1, -0.05) is 41.9 Å². The van der Waals surface area contributed by atoms with E-state index in [1.165, 1.54) is 4.90 Å². The second-order valence-corrected chi connectivity index (χ2v) is 22.7. The van der Waals surface area contributed by atoms with Crippen molar-refractivity contribution in [3.63, 3.8) is 0 Å². The summed E-state index contributed by atoms with van der Waals surface area (Å²) in [6.45, 7) is 4.46. The van der Waals surface area contributed by atoms with E-state index >= 15 is 0 Å². The summed E-state index contributed by atoms with van der Waals surface area (Å²) < 4.78 is 35.0. The summed E-state index contributed by atoms with van der Waals surface area (Å²) in [5, 5.41) is 31.2. The third-order valence-electron chi connectivity index (χ3n) is 13.4. The Hall–Kier alpha value is -6.41. The highest BCUT2D eigenvalue weighted by molar-refractivity contribution is 8.24. The number of piperidine rings is 3. The molecule has 4 aromatic carbocycles. The molecule has 3 atom stereocenters. The lowest BCUT2D eigenvalue weighted by Crippen LogP contribution is -2.55. The van der Waals surface area contributed by atoms with E-state index in [-0.39, 0.29) is 70.5 Å².